The first-order valence-electron chi connectivity index (χ1n) is 3.89. The van der Waals surface area contributed by atoms with E-state index in [2.05, 4.69) is 16.0 Å². The molecular weight excluding hydrogens is 212 g/mol. The molecule has 0 bridgehead atoms. The topological polar surface area (TPSA) is 107 Å². The van der Waals surface area contributed by atoms with Crippen LogP contribution in [-0.2, 0) is 0 Å². The minimum atomic E-state index is 0. The Morgan fingerprint density at radius 2 is 2.27 bits per heavy atom. The second-order valence-electron chi connectivity index (χ2n) is 2.56. The highest BCUT2D eigenvalue weighted by Gasteiger charge is 2.11. The number of hydrogen-bond donors (Lipinski definition) is 1. The Hall–Kier alpha value is -1.97. The van der Waals surface area contributed by atoms with Crippen LogP contribution in [0.3, 0.4) is 0 Å². The molecule has 0 aliphatic carbocycles. The van der Waals surface area contributed by atoms with Crippen LogP contribution in [0.15, 0.2) is 24.4 Å². The Bertz CT molecular complexity index is 494. The van der Waals surface area contributed by atoms with Crippen LogP contribution in [0.2, 0.25) is 0 Å². The lowest BCUT2D eigenvalue weighted by Gasteiger charge is -1.93. The third-order valence-electron chi connectivity index (χ3n) is 1.65. The molecule has 0 fully saturated rings. The minimum Gasteiger partial charge on any atom is -0.412 e. The summed E-state index contributed by atoms with van der Waals surface area (Å²) in [5, 5.41) is 9.22. The maximum atomic E-state index is 8.83. The van der Waals surface area contributed by atoms with E-state index in [1.807, 2.05) is 12.1 Å². The van der Waals surface area contributed by atoms with E-state index in [9.17, 15) is 0 Å². The number of nitrogens with two attached hydrogens (primary N) is 1. The number of nitrogen functional groups attached to an aromatic ring is 1. The van der Waals surface area contributed by atoms with Gasteiger partial charge >= 0.3 is 0 Å². The number of aromatic nitrogens is 2. The van der Waals surface area contributed by atoms with Crippen molar-refractivity contribution in [2.75, 3.05) is 5.73 Å². The molecule has 0 atom stereocenters. The zero-order chi connectivity index (χ0) is 9.97. The molecule has 0 saturated heterocycles. The van der Waals surface area contributed by atoms with Crippen LogP contribution in [0.1, 0.15) is 6.30 Å². The van der Waals surface area contributed by atoms with Gasteiger partial charge in [0.05, 0.1) is 5.69 Å². The average Bonchev–Trinajstić information content (AvgIpc) is 2.61. The van der Waals surface area contributed by atoms with Crippen LogP contribution in [0, 0.1) is 11.3 Å². The molecule has 0 radical (unpaired) electrons. The number of nitriles is 1. The van der Waals surface area contributed by atoms with Crippen molar-refractivity contribution in [3.63, 3.8) is 0 Å². The molecule has 0 aliphatic heterocycles. The smallest absolute Gasteiger partial charge is 0.181 e. The monoisotopic (exact) mass is 222 g/mol. The summed E-state index contributed by atoms with van der Waals surface area (Å²) < 4.78 is 0. The minimum absolute atomic E-state index is 0. The molecule has 0 amide bonds. The summed E-state index contributed by atoms with van der Waals surface area (Å²) in [6, 6.07) is 7.51. The van der Waals surface area contributed by atoms with Gasteiger partial charge in [-0.15, -0.1) is 0 Å². The zero-order valence-corrected chi connectivity index (χ0v) is 8.45. The van der Waals surface area contributed by atoms with Crippen LogP contribution in [-0.4, -0.2) is 15.4 Å². The van der Waals surface area contributed by atoms with Gasteiger partial charge in [0.1, 0.15) is 16.6 Å². The molecular formula is C9H10N4OS. The van der Waals surface area contributed by atoms with E-state index in [1.165, 1.54) is 11.3 Å². The molecule has 2 rings (SSSR count). The van der Waals surface area contributed by atoms with Crippen molar-refractivity contribution in [3.05, 3.63) is 29.3 Å². The molecule has 2 aromatic heterocycles. The summed E-state index contributed by atoms with van der Waals surface area (Å²) in [6.07, 6.45) is 1.66. The third kappa shape index (κ3) is 2.10. The normalized spacial score (nSPS) is 9.00. The SMILES string of the molecule is N#Cc1sc(N)nc1-c1ccccn1.O.[HH]. The summed E-state index contributed by atoms with van der Waals surface area (Å²) in [5.74, 6) is 0. The average molecular weight is 222 g/mol. The molecule has 2 heterocycles. The fraction of sp³-hybridized carbons (Fsp3) is 0. The molecule has 0 saturated carbocycles. The number of hydrogen-bond acceptors (Lipinski definition) is 5. The molecule has 4 N–H and O–H groups in total. The van der Waals surface area contributed by atoms with E-state index < -0.39 is 0 Å². The van der Waals surface area contributed by atoms with Gasteiger partial charge in [0, 0.05) is 7.62 Å². The van der Waals surface area contributed by atoms with E-state index in [4.69, 9.17) is 11.0 Å². The lowest BCUT2D eigenvalue weighted by atomic mass is 10.2. The maximum absolute atomic E-state index is 8.83. The Morgan fingerprint density at radius 3 is 2.87 bits per heavy atom. The van der Waals surface area contributed by atoms with Gasteiger partial charge in [0.15, 0.2) is 5.13 Å². The van der Waals surface area contributed by atoms with Gasteiger partial charge in [-0.3, -0.25) is 4.98 Å². The summed E-state index contributed by atoms with van der Waals surface area (Å²) in [6.45, 7) is 0. The van der Waals surface area contributed by atoms with E-state index in [-0.39, 0.29) is 6.90 Å². The molecule has 0 unspecified atom stereocenters. The van der Waals surface area contributed by atoms with Crippen molar-refractivity contribution in [3.8, 4) is 17.5 Å². The lowest BCUT2D eigenvalue weighted by Crippen LogP contribution is -1.86. The van der Waals surface area contributed by atoms with Crippen LogP contribution in [0.4, 0.5) is 5.13 Å². The zero-order valence-electron chi connectivity index (χ0n) is 7.64. The van der Waals surface area contributed by atoms with Gasteiger partial charge in [-0.25, -0.2) is 4.98 Å². The molecule has 6 heteroatoms. The largest absolute Gasteiger partial charge is 0.412 e. The maximum Gasteiger partial charge on any atom is 0.181 e. The van der Waals surface area contributed by atoms with Crippen molar-refractivity contribution in [1.82, 2.24) is 9.97 Å². The van der Waals surface area contributed by atoms with E-state index in [0.29, 0.717) is 21.4 Å². The predicted molar refractivity (Wildman–Crippen MR) is 60.2 cm³/mol. The van der Waals surface area contributed by atoms with Gasteiger partial charge in [0.2, 0.25) is 0 Å². The van der Waals surface area contributed by atoms with Crippen LogP contribution >= 0.6 is 11.3 Å². The Balaban J connectivity index is 0.00000112. The molecule has 0 aliphatic rings. The number of nitrogens with zero attached hydrogens (tertiary/aromatic N) is 3. The molecule has 78 valence electrons. The van der Waals surface area contributed by atoms with E-state index >= 15 is 0 Å². The first-order valence-corrected chi connectivity index (χ1v) is 4.70. The summed E-state index contributed by atoms with van der Waals surface area (Å²) in [4.78, 5) is 8.67. The standard InChI is InChI=1S/C9H6N4S.H2O.H2/c10-5-7-8(13-9(11)14-7)6-3-1-2-4-12-6;;/h1-4H,(H2,11,13);1H2;1H. The van der Waals surface area contributed by atoms with Crippen LogP contribution < -0.4 is 5.73 Å². The Kier molecular flexibility index (Phi) is 3.33. The van der Waals surface area contributed by atoms with Crippen molar-refractivity contribution in [2.45, 2.75) is 0 Å². The third-order valence-corrected chi connectivity index (χ3v) is 2.44. The van der Waals surface area contributed by atoms with Gasteiger partial charge in [-0.2, -0.15) is 5.26 Å². The number of thiazole rings is 1. The quantitative estimate of drug-likeness (QED) is 0.778. The van der Waals surface area contributed by atoms with Crippen molar-refractivity contribution < 1.29 is 6.90 Å². The first kappa shape index (κ1) is 11.1. The van der Waals surface area contributed by atoms with Gasteiger partial charge < -0.3 is 11.2 Å². The van der Waals surface area contributed by atoms with Crippen molar-refractivity contribution >= 4 is 16.5 Å². The van der Waals surface area contributed by atoms with Crippen molar-refractivity contribution in [1.29, 1.82) is 5.26 Å². The molecule has 15 heavy (non-hydrogen) atoms. The Morgan fingerprint density at radius 1 is 1.47 bits per heavy atom. The van der Waals surface area contributed by atoms with Gasteiger partial charge in [-0.05, 0) is 12.1 Å². The van der Waals surface area contributed by atoms with Gasteiger partial charge in [-0.1, -0.05) is 17.4 Å². The van der Waals surface area contributed by atoms with Crippen LogP contribution in [0.5, 0.6) is 0 Å². The number of pyridine rings is 1. The summed E-state index contributed by atoms with van der Waals surface area (Å²) in [7, 11) is 0. The Labute approximate surface area is 91.6 Å². The second-order valence-corrected chi connectivity index (χ2v) is 3.59. The highest BCUT2D eigenvalue weighted by molar-refractivity contribution is 7.16. The van der Waals surface area contributed by atoms with Crippen LogP contribution in [0.25, 0.3) is 11.4 Å². The van der Waals surface area contributed by atoms with Crippen molar-refractivity contribution in [2.24, 2.45) is 0 Å². The first-order chi connectivity index (χ1) is 6.81. The summed E-state index contributed by atoms with van der Waals surface area (Å²) >= 11 is 1.17. The van der Waals surface area contributed by atoms with E-state index in [0.717, 1.165) is 0 Å². The molecule has 2 aromatic rings. The fourth-order valence-electron chi connectivity index (χ4n) is 1.09. The number of anilines is 1. The summed E-state index contributed by atoms with van der Waals surface area (Å²) in [5.41, 5.74) is 6.76. The molecule has 0 aromatic carbocycles. The van der Waals surface area contributed by atoms with Gasteiger partial charge in [0.25, 0.3) is 0 Å². The predicted octanol–water partition coefficient (Wildman–Crippen LogP) is 1.08. The molecule has 5 nitrogen and oxygen atoms in total. The number of rotatable bonds is 1. The van der Waals surface area contributed by atoms with E-state index in [1.54, 1.807) is 12.3 Å². The lowest BCUT2D eigenvalue weighted by molar-refractivity contribution is 0.824. The molecule has 0 spiro atoms. The fourth-order valence-corrected chi connectivity index (χ4v) is 1.73. The highest BCUT2D eigenvalue weighted by atomic mass is 32.1. The highest BCUT2D eigenvalue weighted by Crippen LogP contribution is 2.26. The second kappa shape index (κ2) is 4.50.